The zero-order valence-electron chi connectivity index (χ0n) is 18.5. The minimum absolute atomic E-state index is 0.0328. The van der Waals surface area contributed by atoms with Crippen LogP contribution >= 0.6 is 0 Å². The smallest absolute Gasteiger partial charge is 0.327 e. The number of imidazole rings is 1. The first-order chi connectivity index (χ1) is 16.7. The first kappa shape index (κ1) is 23.0. The number of ether oxygens (including phenoxy) is 2. The molecule has 10 N–H and O–H groups in total. The number of amides is 1. The van der Waals surface area contributed by atoms with Gasteiger partial charge in [0.05, 0.1) is 5.56 Å². The van der Waals surface area contributed by atoms with Crippen LogP contribution in [0, 0.1) is 10.8 Å². The van der Waals surface area contributed by atoms with E-state index in [9.17, 15) is 4.79 Å². The van der Waals surface area contributed by atoms with E-state index in [2.05, 4.69) is 25.3 Å². The van der Waals surface area contributed by atoms with E-state index < -0.39 is 5.91 Å². The summed E-state index contributed by atoms with van der Waals surface area (Å²) in [5.74, 6) is 0.101. The molecule has 0 spiro atoms. The molecule has 13 heteroatoms. The maximum Gasteiger partial charge on any atom is 0.327 e. The third-order valence-corrected chi connectivity index (χ3v) is 4.76. The van der Waals surface area contributed by atoms with E-state index >= 15 is 0 Å². The molecule has 178 valence electrons. The van der Waals surface area contributed by atoms with E-state index in [-0.39, 0.29) is 40.6 Å². The normalized spacial score (nSPS) is 10.7. The molecule has 0 fully saturated rings. The number of rotatable bonds is 8. The maximum atomic E-state index is 11.9. The molecule has 13 nitrogen and oxygen atoms in total. The van der Waals surface area contributed by atoms with Crippen LogP contribution in [0.4, 0.5) is 5.69 Å². The second kappa shape index (κ2) is 9.35. The summed E-state index contributed by atoms with van der Waals surface area (Å²) in [6.07, 6.45) is 0.615. The van der Waals surface area contributed by atoms with Gasteiger partial charge < -0.3 is 37.0 Å². The highest BCUT2D eigenvalue weighted by molar-refractivity contribution is 6.07. The van der Waals surface area contributed by atoms with Crippen LogP contribution in [-0.4, -0.2) is 37.6 Å². The number of nitrogens with two attached hydrogens (primary N) is 3. The van der Waals surface area contributed by atoms with Gasteiger partial charge in [-0.3, -0.25) is 15.6 Å². The lowest BCUT2D eigenvalue weighted by Gasteiger charge is -2.11. The lowest BCUT2D eigenvalue weighted by molar-refractivity contribution is 0.0999. The number of H-pyrrole nitrogens is 1. The van der Waals surface area contributed by atoms with Gasteiger partial charge in [0.2, 0.25) is 5.91 Å². The summed E-state index contributed by atoms with van der Waals surface area (Å²) in [5, 5.41) is 17.7. The van der Waals surface area contributed by atoms with Crippen LogP contribution in [0.3, 0.4) is 0 Å². The molecule has 1 amide bonds. The molecule has 2 aromatic carbocycles. The predicted molar refractivity (Wildman–Crippen MR) is 129 cm³/mol. The lowest BCUT2D eigenvalue weighted by atomic mass is 10.1. The summed E-state index contributed by atoms with van der Waals surface area (Å²) in [4.78, 5) is 28.1. The van der Waals surface area contributed by atoms with Crippen molar-refractivity contribution in [2.75, 3.05) is 5.32 Å². The van der Waals surface area contributed by atoms with Crippen molar-refractivity contribution in [3.8, 4) is 23.4 Å². The molecular formula is C22H22N10O3. The van der Waals surface area contributed by atoms with Gasteiger partial charge in [0, 0.05) is 23.7 Å². The number of carbonyl (C=O) groups is 1. The molecule has 4 aromatic rings. The van der Waals surface area contributed by atoms with Crippen LogP contribution in [-0.2, 0) is 6.42 Å². The van der Waals surface area contributed by atoms with Gasteiger partial charge >= 0.3 is 6.01 Å². The van der Waals surface area contributed by atoms with Crippen molar-refractivity contribution in [1.82, 2.24) is 19.9 Å². The zero-order valence-corrected chi connectivity index (χ0v) is 18.5. The highest BCUT2D eigenvalue weighted by atomic mass is 16.5. The van der Waals surface area contributed by atoms with Gasteiger partial charge in [-0.1, -0.05) is 13.0 Å². The van der Waals surface area contributed by atoms with Crippen molar-refractivity contribution >= 4 is 34.6 Å². The molecule has 0 aliphatic rings. The van der Waals surface area contributed by atoms with Crippen LogP contribution in [0.2, 0.25) is 0 Å². The average molecular weight is 474 g/mol. The minimum Gasteiger partial charge on any atom is -0.437 e. The average Bonchev–Trinajstić information content (AvgIpc) is 3.22. The molecule has 0 bridgehead atoms. The molecule has 0 saturated carbocycles. The Kier molecular flexibility index (Phi) is 6.14. The Hall–Kier alpha value is -5.20. The van der Waals surface area contributed by atoms with Crippen molar-refractivity contribution in [2.45, 2.75) is 13.3 Å². The molecule has 0 aliphatic heterocycles. The molecule has 0 unspecified atom stereocenters. The maximum absolute atomic E-state index is 11.9. The van der Waals surface area contributed by atoms with Crippen LogP contribution in [0.1, 0.15) is 28.7 Å². The molecule has 0 aliphatic carbocycles. The van der Waals surface area contributed by atoms with Crippen LogP contribution in [0.25, 0.3) is 11.2 Å². The number of nitrogens with one attached hydrogen (secondary N) is 4. The summed E-state index contributed by atoms with van der Waals surface area (Å²) in [5.41, 5.74) is 17.9. The number of anilines is 1. The number of carbonyl (C=O) groups excluding carboxylic acids is 1. The number of primary amides is 1. The standard InChI is InChI=1S/C22H22N10O3/c1-2-15-29-16-19(30-15)31-22(35-11-5-3-4-10(8-11)28-21(26)27)32-20(16)34-12-6-7-13(17(23)24)14(9-12)18(25)33/h3-9H,2H2,1H3,(H3,23,24)(H2,25,33)(H4,26,27,28)(H,29,30,31,32). The van der Waals surface area contributed by atoms with Gasteiger partial charge in [-0.25, -0.2) is 4.98 Å². The number of hydrogen-bond donors (Lipinski definition) is 7. The van der Waals surface area contributed by atoms with Gasteiger partial charge in [-0.05, 0) is 30.3 Å². The highest BCUT2D eigenvalue weighted by Gasteiger charge is 2.18. The Morgan fingerprint density at radius 2 is 1.77 bits per heavy atom. The van der Waals surface area contributed by atoms with Crippen molar-refractivity contribution in [1.29, 1.82) is 10.8 Å². The van der Waals surface area contributed by atoms with Crippen molar-refractivity contribution in [3.05, 3.63) is 59.4 Å². The summed E-state index contributed by atoms with van der Waals surface area (Å²) in [6.45, 7) is 1.93. The number of aryl methyl sites for hydroxylation is 1. The van der Waals surface area contributed by atoms with E-state index in [1.807, 2.05) is 6.92 Å². The summed E-state index contributed by atoms with van der Waals surface area (Å²) in [6, 6.07) is 11.1. The molecular weight excluding hydrogens is 452 g/mol. The van der Waals surface area contributed by atoms with E-state index in [0.29, 0.717) is 34.8 Å². The van der Waals surface area contributed by atoms with Crippen molar-refractivity contribution in [2.24, 2.45) is 17.2 Å². The highest BCUT2D eigenvalue weighted by Crippen LogP contribution is 2.31. The summed E-state index contributed by atoms with van der Waals surface area (Å²) >= 11 is 0. The molecule has 35 heavy (non-hydrogen) atoms. The largest absolute Gasteiger partial charge is 0.437 e. The monoisotopic (exact) mass is 474 g/mol. The summed E-state index contributed by atoms with van der Waals surface area (Å²) in [7, 11) is 0. The van der Waals surface area contributed by atoms with Crippen LogP contribution in [0.5, 0.6) is 23.4 Å². The number of benzene rings is 2. The molecule has 0 atom stereocenters. The number of nitrogen functional groups attached to an aromatic ring is 1. The van der Waals surface area contributed by atoms with Gasteiger partial charge in [0.15, 0.2) is 11.6 Å². The Bertz CT molecular complexity index is 1460. The van der Waals surface area contributed by atoms with E-state index in [1.165, 1.54) is 18.2 Å². The van der Waals surface area contributed by atoms with Crippen molar-refractivity contribution < 1.29 is 14.3 Å². The van der Waals surface area contributed by atoms with E-state index in [1.54, 1.807) is 24.3 Å². The second-order valence-electron chi connectivity index (χ2n) is 7.30. The van der Waals surface area contributed by atoms with Crippen LogP contribution in [0.15, 0.2) is 42.5 Å². The zero-order chi connectivity index (χ0) is 25.1. The number of aromatic amines is 1. The number of guanidine groups is 1. The molecule has 2 aromatic heterocycles. The quantitative estimate of drug-likeness (QED) is 0.146. The summed E-state index contributed by atoms with van der Waals surface area (Å²) < 4.78 is 11.8. The fraction of sp³-hybridized carbons (Fsp3) is 0.0909. The third-order valence-electron chi connectivity index (χ3n) is 4.76. The third kappa shape index (κ3) is 5.08. The lowest BCUT2D eigenvalue weighted by Crippen LogP contribution is -2.20. The number of nitrogens with zero attached hydrogens (tertiary/aromatic N) is 3. The van der Waals surface area contributed by atoms with Gasteiger partial charge in [-0.15, -0.1) is 0 Å². The fourth-order valence-corrected chi connectivity index (χ4v) is 3.22. The van der Waals surface area contributed by atoms with E-state index in [0.717, 1.165) is 0 Å². The number of aromatic nitrogens is 4. The SMILES string of the molecule is CCc1nc2nc(Oc3cccc(NC(=N)N)c3)nc(Oc3ccc(C(=N)N)c(C(N)=O)c3)c2[nH]1. The Labute approximate surface area is 198 Å². The Balaban J connectivity index is 1.73. The van der Waals surface area contributed by atoms with Crippen LogP contribution < -0.4 is 32.0 Å². The fourth-order valence-electron chi connectivity index (χ4n) is 3.22. The topological polar surface area (TPSA) is 228 Å². The van der Waals surface area contributed by atoms with Gasteiger partial charge in [-0.2, -0.15) is 9.97 Å². The first-order valence-electron chi connectivity index (χ1n) is 10.3. The molecule has 2 heterocycles. The number of fused-ring (bicyclic) bond motifs is 1. The second-order valence-corrected chi connectivity index (χ2v) is 7.30. The molecule has 0 saturated heterocycles. The van der Waals surface area contributed by atoms with E-state index in [4.69, 9.17) is 37.5 Å². The number of hydrogen-bond acceptors (Lipinski definition) is 8. The minimum atomic E-state index is -0.758. The number of amidine groups is 1. The van der Waals surface area contributed by atoms with Gasteiger partial charge in [0.1, 0.15) is 28.7 Å². The molecule has 0 radical (unpaired) electrons. The Morgan fingerprint density at radius 3 is 2.46 bits per heavy atom. The first-order valence-corrected chi connectivity index (χ1v) is 10.3. The molecule has 4 rings (SSSR count). The van der Waals surface area contributed by atoms with Crippen molar-refractivity contribution in [3.63, 3.8) is 0 Å². The van der Waals surface area contributed by atoms with Gasteiger partial charge in [0.25, 0.3) is 5.88 Å². The predicted octanol–water partition coefficient (Wildman–Crippen LogP) is 2.19. The Morgan fingerprint density at radius 1 is 1.00 bits per heavy atom.